The average molecular weight is 259 g/mol. The molecule has 0 aliphatic carbocycles. The van der Waals surface area contributed by atoms with Crippen LogP contribution in [0.25, 0.3) is 0 Å². The first-order valence-electron chi connectivity index (χ1n) is 5.73. The lowest BCUT2D eigenvalue weighted by Crippen LogP contribution is -2.05. The molecule has 1 aromatic rings. The lowest BCUT2D eigenvalue weighted by atomic mass is 10.1. The summed E-state index contributed by atoms with van der Waals surface area (Å²) in [6.45, 7) is 2.47. The summed E-state index contributed by atoms with van der Waals surface area (Å²) < 4.78 is 0. The first-order valence-corrected chi connectivity index (χ1v) is 7.16. The molecule has 0 amide bonds. The Morgan fingerprint density at radius 2 is 2.12 bits per heavy atom. The summed E-state index contributed by atoms with van der Waals surface area (Å²) in [6, 6.07) is 8.02. The van der Waals surface area contributed by atoms with E-state index in [1.54, 1.807) is 0 Å². The molecule has 0 aliphatic heterocycles. The van der Waals surface area contributed by atoms with Crippen LogP contribution in [0.3, 0.4) is 0 Å². The number of halogens is 1. The van der Waals surface area contributed by atoms with Crippen molar-refractivity contribution in [3.63, 3.8) is 0 Å². The molecular formula is C13H19ClOS. The minimum Gasteiger partial charge on any atom is -0.396 e. The maximum Gasteiger partial charge on any atom is 0.0521 e. The van der Waals surface area contributed by atoms with Gasteiger partial charge in [-0.15, -0.1) is 0 Å². The predicted octanol–water partition coefficient (Wildman–Crippen LogP) is 3.78. The Balaban J connectivity index is 2.40. The van der Waals surface area contributed by atoms with Crippen LogP contribution >= 0.6 is 23.4 Å². The van der Waals surface area contributed by atoms with Crippen molar-refractivity contribution in [2.75, 3.05) is 12.4 Å². The smallest absolute Gasteiger partial charge is 0.0521 e. The van der Waals surface area contributed by atoms with Crippen LogP contribution in [0.5, 0.6) is 0 Å². The zero-order chi connectivity index (χ0) is 11.8. The molecule has 0 aromatic heterocycles. The molecule has 0 fully saturated rings. The molecular weight excluding hydrogens is 240 g/mol. The minimum atomic E-state index is 0.271. The molecule has 0 radical (unpaired) electrons. The molecule has 1 rings (SSSR count). The highest BCUT2D eigenvalue weighted by atomic mass is 35.5. The number of aliphatic hydroxyl groups is 1. The molecule has 0 spiro atoms. The van der Waals surface area contributed by atoms with E-state index in [-0.39, 0.29) is 6.61 Å². The first kappa shape index (κ1) is 13.9. The largest absolute Gasteiger partial charge is 0.396 e. The fourth-order valence-electron chi connectivity index (χ4n) is 1.64. The lowest BCUT2D eigenvalue weighted by Gasteiger charge is -2.14. The van der Waals surface area contributed by atoms with Gasteiger partial charge in [0.2, 0.25) is 0 Å². The Kier molecular flexibility index (Phi) is 6.93. The van der Waals surface area contributed by atoms with Crippen LogP contribution in [0.15, 0.2) is 24.3 Å². The molecule has 1 nitrogen and oxygen atoms in total. The number of hydrogen-bond acceptors (Lipinski definition) is 2. The summed E-state index contributed by atoms with van der Waals surface area (Å²) in [4.78, 5) is 0. The van der Waals surface area contributed by atoms with Gasteiger partial charge < -0.3 is 5.11 Å². The number of thioether (sulfide) groups is 1. The summed E-state index contributed by atoms with van der Waals surface area (Å²) in [5.74, 6) is 0.834. The van der Waals surface area contributed by atoms with Gasteiger partial charge >= 0.3 is 0 Å². The molecule has 1 atom stereocenters. The van der Waals surface area contributed by atoms with Gasteiger partial charge in [0.25, 0.3) is 0 Å². The molecule has 1 N–H and O–H groups in total. The van der Waals surface area contributed by atoms with E-state index in [9.17, 15) is 0 Å². The van der Waals surface area contributed by atoms with Crippen LogP contribution in [-0.2, 0) is 6.42 Å². The van der Waals surface area contributed by atoms with Crippen LogP contribution in [0.4, 0.5) is 0 Å². The molecule has 0 aliphatic rings. The molecule has 1 unspecified atom stereocenters. The van der Waals surface area contributed by atoms with Crippen molar-refractivity contribution in [2.45, 2.75) is 31.4 Å². The van der Waals surface area contributed by atoms with Gasteiger partial charge in [0, 0.05) is 16.0 Å². The van der Waals surface area contributed by atoms with E-state index in [1.807, 2.05) is 30.0 Å². The Morgan fingerprint density at radius 1 is 1.38 bits per heavy atom. The van der Waals surface area contributed by atoms with E-state index in [0.717, 1.165) is 30.0 Å². The molecule has 0 heterocycles. The van der Waals surface area contributed by atoms with Crippen molar-refractivity contribution in [1.29, 1.82) is 0 Å². The lowest BCUT2D eigenvalue weighted by molar-refractivity contribution is 0.322. The topological polar surface area (TPSA) is 20.2 Å². The van der Waals surface area contributed by atoms with Crippen LogP contribution in [0.2, 0.25) is 5.02 Å². The van der Waals surface area contributed by atoms with Crippen molar-refractivity contribution >= 4 is 23.4 Å². The van der Waals surface area contributed by atoms with E-state index >= 15 is 0 Å². The van der Waals surface area contributed by atoms with Gasteiger partial charge in [-0.1, -0.05) is 36.7 Å². The fraction of sp³-hybridized carbons (Fsp3) is 0.538. The standard InChI is InChI=1S/C13H19ClOS/c1-2-12(16-10-9-15)8-7-11-5-3-4-6-13(11)14/h3-6,12,15H,2,7-10H2,1H3. The van der Waals surface area contributed by atoms with Crippen molar-refractivity contribution in [3.05, 3.63) is 34.9 Å². The predicted molar refractivity (Wildman–Crippen MR) is 73.4 cm³/mol. The minimum absolute atomic E-state index is 0.271. The SMILES string of the molecule is CCC(CCc1ccccc1Cl)SCCO. The molecule has 1 aromatic carbocycles. The number of rotatable bonds is 7. The monoisotopic (exact) mass is 258 g/mol. The zero-order valence-electron chi connectivity index (χ0n) is 9.66. The molecule has 0 saturated carbocycles. The third-order valence-corrected chi connectivity index (χ3v) is 4.42. The van der Waals surface area contributed by atoms with E-state index < -0.39 is 0 Å². The third kappa shape index (κ3) is 4.77. The second-order valence-electron chi connectivity index (χ2n) is 3.75. The summed E-state index contributed by atoms with van der Waals surface area (Å²) in [5.41, 5.74) is 1.23. The van der Waals surface area contributed by atoms with E-state index in [4.69, 9.17) is 16.7 Å². The first-order chi connectivity index (χ1) is 7.77. The van der Waals surface area contributed by atoms with Crippen molar-refractivity contribution in [3.8, 4) is 0 Å². The molecule has 16 heavy (non-hydrogen) atoms. The van der Waals surface area contributed by atoms with Crippen LogP contribution in [0, 0.1) is 0 Å². The van der Waals surface area contributed by atoms with Gasteiger partial charge in [-0.25, -0.2) is 0 Å². The van der Waals surface area contributed by atoms with Crippen molar-refractivity contribution in [2.24, 2.45) is 0 Å². The Morgan fingerprint density at radius 3 is 2.75 bits per heavy atom. The van der Waals surface area contributed by atoms with Crippen LogP contribution < -0.4 is 0 Å². The second kappa shape index (κ2) is 7.99. The van der Waals surface area contributed by atoms with Crippen molar-refractivity contribution < 1.29 is 5.11 Å². The van der Waals surface area contributed by atoms with Gasteiger partial charge in [-0.3, -0.25) is 0 Å². The highest BCUT2D eigenvalue weighted by Crippen LogP contribution is 2.23. The Bertz CT molecular complexity index is 304. The Labute approximate surface area is 107 Å². The number of aliphatic hydroxyl groups excluding tert-OH is 1. The van der Waals surface area contributed by atoms with Gasteiger partial charge in [0.05, 0.1) is 6.61 Å². The summed E-state index contributed by atoms with van der Waals surface area (Å²) >= 11 is 7.96. The van der Waals surface area contributed by atoms with Gasteiger partial charge in [0.1, 0.15) is 0 Å². The fourth-order valence-corrected chi connectivity index (χ4v) is 2.83. The van der Waals surface area contributed by atoms with Gasteiger partial charge in [-0.2, -0.15) is 11.8 Å². The van der Waals surface area contributed by atoms with Gasteiger partial charge in [-0.05, 0) is 30.9 Å². The number of aryl methyl sites for hydroxylation is 1. The third-order valence-electron chi connectivity index (χ3n) is 2.59. The highest BCUT2D eigenvalue weighted by Gasteiger charge is 2.08. The van der Waals surface area contributed by atoms with Crippen LogP contribution in [0.1, 0.15) is 25.3 Å². The van der Waals surface area contributed by atoms with E-state index in [0.29, 0.717) is 5.25 Å². The molecule has 0 bridgehead atoms. The van der Waals surface area contributed by atoms with E-state index in [1.165, 1.54) is 5.56 Å². The van der Waals surface area contributed by atoms with E-state index in [2.05, 4.69) is 13.0 Å². The quantitative estimate of drug-likeness (QED) is 0.803. The zero-order valence-corrected chi connectivity index (χ0v) is 11.2. The number of benzene rings is 1. The molecule has 0 saturated heterocycles. The second-order valence-corrected chi connectivity index (χ2v) is 5.57. The highest BCUT2D eigenvalue weighted by molar-refractivity contribution is 7.99. The van der Waals surface area contributed by atoms with Crippen LogP contribution in [-0.4, -0.2) is 22.7 Å². The maximum absolute atomic E-state index is 8.80. The molecule has 90 valence electrons. The number of hydrogen-bond donors (Lipinski definition) is 1. The summed E-state index contributed by atoms with van der Waals surface area (Å²) in [6.07, 6.45) is 3.30. The van der Waals surface area contributed by atoms with Gasteiger partial charge in [0.15, 0.2) is 0 Å². The molecule has 3 heteroatoms. The summed E-state index contributed by atoms with van der Waals surface area (Å²) in [7, 11) is 0. The normalized spacial score (nSPS) is 12.7. The average Bonchev–Trinajstić information content (AvgIpc) is 2.31. The maximum atomic E-state index is 8.80. The Hall–Kier alpha value is -0.180. The summed E-state index contributed by atoms with van der Waals surface area (Å²) in [5, 5.41) is 10.3. The van der Waals surface area contributed by atoms with Crippen molar-refractivity contribution in [1.82, 2.24) is 0 Å².